The number of piperidine rings is 1. The monoisotopic (exact) mass is 514 g/mol. The van der Waals surface area contributed by atoms with Crippen LogP contribution >= 0.6 is 27.5 Å². The van der Waals surface area contributed by atoms with E-state index in [9.17, 15) is 13.2 Å². The Morgan fingerprint density at radius 1 is 1.23 bits per heavy atom. The largest absolute Gasteiger partial charge is 0.495 e. The van der Waals surface area contributed by atoms with Crippen LogP contribution in [0, 0.1) is 5.92 Å². The summed E-state index contributed by atoms with van der Waals surface area (Å²) >= 11 is 9.52. The van der Waals surface area contributed by atoms with Crippen LogP contribution in [-0.4, -0.2) is 38.8 Å². The van der Waals surface area contributed by atoms with E-state index in [0.717, 1.165) is 10.0 Å². The molecule has 6 nitrogen and oxygen atoms in total. The van der Waals surface area contributed by atoms with Gasteiger partial charge in [0.15, 0.2) is 0 Å². The van der Waals surface area contributed by atoms with Gasteiger partial charge >= 0.3 is 0 Å². The van der Waals surface area contributed by atoms with Crippen LogP contribution in [0.15, 0.2) is 51.8 Å². The molecule has 1 aliphatic heterocycles. The number of hydrogen-bond acceptors (Lipinski definition) is 4. The van der Waals surface area contributed by atoms with Crippen LogP contribution in [-0.2, 0) is 14.8 Å². The van der Waals surface area contributed by atoms with Gasteiger partial charge in [-0.2, -0.15) is 4.31 Å². The minimum Gasteiger partial charge on any atom is -0.495 e. The lowest BCUT2D eigenvalue weighted by Crippen LogP contribution is -2.43. The van der Waals surface area contributed by atoms with E-state index in [-0.39, 0.29) is 40.9 Å². The van der Waals surface area contributed by atoms with Crippen LogP contribution in [0.3, 0.4) is 0 Å². The minimum atomic E-state index is -3.67. The van der Waals surface area contributed by atoms with Gasteiger partial charge in [0.05, 0.1) is 23.1 Å². The van der Waals surface area contributed by atoms with E-state index < -0.39 is 10.0 Å². The quantitative estimate of drug-likeness (QED) is 0.619. The molecule has 1 aliphatic rings. The standard InChI is InChI=1S/C21H24BrClN2O4S/c1-14(16-4-3-5-17(22)12-16)24-21(26)15-8-10-25(11-9-15)30(27,28)18-6-7-20(29-2)19(23)13-18/h3-7,12-15H,8-11H2,1-2H3,(H,24,26)/t14-/m0/s1. The Morgan fingerprint density at radius 3 is 2.53 bits per heavy atom. The summed E-state index contributed by atoms with van der Waals surface area (Å²) in [6, 6.07) is 12.1. The molecule has 0 spiro atoms. The molecule has 0 unspecified atom stereocenters. The number of amides is 1. The Labute approximate surface area is 190 Å². The van der Waals surface area contributed by atoms with E-state index in [0.29, 0.717) is 18.6 Å². The van der Waals surface area contributed by atoms with Gasteiger partial charge in [-0.15, -0.1) is 0 Å². The molecule has 0 bridgehead atoms. The molecule has 1 amide bonds. The molecular weight excluding hydrogens is 492 g/mol. The average molecular weight is 516 g/mol. The summed E-state index contributed by atoms with van der Waals surface area (Å²) in [4.78, 5) is 12.8. The Balaban J connectivity index is 1.61. The zero-order valence-corrected chi connectivity index (χ0v) is 19.9. The van der Waals surface area contributed by atoms with E-state index in [1.165, 1.54) is 23.5 Å². The molecular formula is C21H24BrClN2O4S. The molecule has 1 fully saturated rings. The molecule has 1 heterocycles. The lowest BCUT2D eigenvalue weighted by Gasteiger charge is -2.31. The maximum Gasteiger partial charge on any atom is 0.243 e. The summed E-state index contributed by atoms with van der Waals surface area (Å²) in [6.07, 6.45) is 0.945. The molecule has 3 rings (SSSR count). The second kappa shape index (κ2) is 9.68. The van der Waals surface area contributed by atoms with Gasteiger partial charge in [0.1, 0.15) is 5.75 Å². The van der Waals surface area contributed by atoms with E-state index in [1.54, 1.807) is 6.07 Å². The lowest BCUT2D eigenvalue weighted by molar-refractivity contribution is -0.126. The van der Waals surface area contributed by atoms with E-state index >= 15 is 0 Å². The van der Waals surface area contributed by atoms with E-state index in [2.05, 4.69) is 21.2 Å². The summed E-state index contributed by atoms with van der Waals surface area (Å²) in [7, 11) is -2.20. The number of nitrogens with one attached hydrogen (secondary N) is 1. The number of halogens is 2. The van der Waals surface area contributed by atoms with Crippen LogP contribution in [0.2, 0.25) is 5.02 Å². The Bertz CT molecular complexity index is 1020. The predicted molar refractivity (Wildman–Crippen MR) is 120 cm³/mol. The summed E-state index contributed by atoms with van der Waals surface area (Å²) in [5.41, 5.74) is 1.01. The number of sulfonamides is 1. The third-order valence-electron chi connectivity index (χ3n) is 5.29. The highest BCUT2D eigenvalue weighted by atomic mass is 79.9. The van der Waals surface area contributed by atoms with E-state index in [1.807, 2.05) is 31.2 Å². The third kappa shape index (κ3) is 5.17. The second-order valence-corrected chi connectivity index (χ2v) is 10.5. The van der Waals surface area contributed by atoms with Gasteiger partial charge in [-0.25, -0.2) is 8.42 Å². The van der Waals surface area contributed by atoms with Crippen molar-refractivity contribution < 1.29 is 17.9 Å². The second-order valence-electron chi connectivity index (χ2n) is 7.26. The Hall–Kier alpha value is -1.61. The first-order chi connectivity index (χ1) is 14.2. The average Bonchev–Trinajstić information content (AvgIpc) is 2.73. The molecule has 1 N–H and O–H groups in total. The van der Waals surface area contributed by atoms with Crippen LogP contribution in [0.1, 0.15) is 31.4 Å². The number of carbonyl (C=O) groups excluding carboxylic acids is 1. The molecule has 2 aromatic carbocycles. The lowest BCUT2D eigenvalue weighted by atomic mass is 9.96. The SMILES string of the molecule is COc1ccc(S(=O)(=O)N2CCC(C(=O)N[C@@H](C)c3cccc(Br)c3)CC2)cc1Cl. The molecule has 0 aromatic heterocycles. The first-order valence-corrected chi connectivity index (χ1v) is 12.2. The van der Waals surface area contributed by atoms with Gasteiger partial charge in [0.25, 0.3) is 0 Å². The van der Waals surface area contributed by atoms with Gasteiger partial charge in [0, 0.05) is 23.5 Å². The number of methoxy groups -OCH3 is 1. The Morgan fingerprint density at radius 2 is 1.93 bits per heavy atom. The number of hydrogen-bond donors (Lipinski definition) is 1. The van der Waals surface area contributed by atoms with Gasteiger partial charge < -0.3 is 10.1 Å². The molecule has 30 heavy (non-hydrogen) atoms. The molecule has 0 aliphatic carbocycles. The molecule has 162 valence electrons. The van der Waals surface area contributed by atoms with Crippen LogP contribution in [0.5, 0.6) is 5.75 Å². The highest BCUT2D eigenvalue weighted by Gasteiger charge is 2.32. The van der Waals surface area contributed by atoms with Gasteiger partial charge in [0.2, 0.25) is 15.9 Å². The van der Waals surface area contributed by atoms with Crippen LogP contribution < -0.4 is 10.1 Å². The van der Waals surface area contributed by atoms with Crippen molar-refractivity contribution in [1.82, 2.24) is 9.62 Å². The fraction of sp³-hybridized carbons (Fsp3) is 0.381. The summed E-state index contributed by atoms with van der Waals surface area (Å²) < 4.78 is 33.3. The molecule has 2 aromatic rings. The predicted octanol–water partition coefficient (Wildman–Crippen LogP) is 4.39. The normalized spacial score (nSPS) is 16.8. The van der Waals surface area contributed by atoms with Crippen molar-refractivity contribution in [3.8, 4) is 5.75 Å². The molecule has 1 saturated heterocycles. The number of benzene rings is 2. The zero-order chi connectivity index (χ0) is 21.9. The van der Waals surface area contributed by atoms with Gasteiger partial charge in [-0.05, 0) is 55.7 Å². The summed E-state index contributed by atoms with van der Waals surface area (Å²) in [5, 5.41) is 3.28. The van der Waals surface area contributed by atoms with Crippen LogP contribution in [0.4, 0.5) is 0 Å². The van der Waals surface area contributed by atoms with Crippen molar-refractivity contribution >= 4 is 43.5 Å². The van der Waals surface area contributed by atoms with Crippen molar-refractivity contribution in [2.45, 2.75) is 30.7 Å². The van der Waals surface area contributed by atoms with Crippen LogP contribution in [0.25, 0.3) is 0 Å². The third-order valence-corrected chi connectivity index (χ3v) is 7.98. The fourth-order valence-electron chi connectivity index (χ4n) is 3.51. The van der Waals surface area contributed by atoms with Crippen molar-refractivity contribution in [3.05, 3.63) is 57.5 Å². The smallest absolute Gasteiger partial charge is 0.243 e. The number of carbonyl (C=O) groups is 1. The van der Waals surface area contributed by atoms with Crippen molar-refractivity contribution in [3.63, 3.8) is 0 Å². The highest BCUT2D eigenvalue weighted by Crippen LogP contribution is 2.30. The summed E-state index contributed by atoms with van der Waals surface area (Å²) in [5.74, 6) is 0.156. The topological polar surface area (TPSA) is 75.7 Å². The van der Waals surface area contributed by atoms with Gasteiger partial charge in [-0.1, -0.05) is 39.7 Å². The van der Waals surface area contributed by atoms with Gasteiger partial charge in [-0.3, -0.25) is 4.79 Å². The minimum absolute atomic E-state index is 0.0491. The van der Waals surface area contributed by atoms with Crippen molar-refractivity contribution in [1.29, 1.82) is 0 Å². The molecule has 9 heteroatoms. The number of nitrogens with zero attached hydrogens (tertiary/aromatic N) is 1. The Kier molecular flexibility index (Phi) is 7.44. The number of ether oxygens (including phenoxy) is 1. The van der Waals surface area contributed by atoms with Crippen molar-refractivity contribution in [2.24, 2.45) is 5.92 Å². The first kappa shape index (κ1) is 23.1. The molecule has 1 atom stereocenters. The van der Waals surface area contributed by atoms with E-state index in [4.69, 9.17) is 16.3 Å². The maximum atomic E-state index is 12.9. The van der Waals surface area contributed by atoms with Crippen molar-refractivity contribution in [2.75, 3.05) is 20.2 Å². The summed E-state index contributed by atoms with van der Waals surface area (Å²) in [6.45, 7) is 2.51. The number of rotatable bonds is 6. The maximum absolute atomic E-state index is 12.9. The highest BCUT2D eigenvalue weighted by molar-refractivity contribution is 9.10. The fourth-order valence-corrected chi connectivity index (χ4v) is 5.74. The zero-order valence-electron chi connectivity index (χ0n) is 16.8. The molecule has 0 saturated carbocycles. The first-order valence-electron chi connectivity index (χ1n) is 9.62. The molecule has 0 radical (unpaired) electrons.